The molecule has 95 heavy (non-hydrogen) atoms. The Morgan fingerprint density at radius 3 is 1.56 bits per heavy atom. The molecule has 0 unspecified atom stereocenters. The van der Waals surface area contributed by atoms with Gasteiger partial charge in [0.25, 0.3) is 17.7 Å². The number of piperidine rings is 3. The number of aromatic nitrogens is 3. The molecule has 2 N–H and O–H groups in total. The van der Waals surface area contributed by atoms with Crippen LogP contribution in [0.4, 0.5) is 39.5 Å². The van der Waals surface area contributed by atoms with Gasteiger partial charge < -0.3 is 43.6 Å². The van der Waals surface area contributed by atoms with Gasteiger partial charge in [0.1, 0.15) is 22.8 Å². The third-order valence-corrected chi connectivity index (χ3v) is 21.0. The van der Waals surface area contributed by atoms with Crippen LogP contribution in [0.3, 0.4) is 0 Å². The highest BCUT2D eigenvalue weighted by atomic mass is 35.5. The summed E-state index contributed by atoms with van der Waals surface area (Å²) in [6, 6.07) is 26.8. The molecule has 13 rings (SSSR count). The van der Waals surface area contributed by atoms with Gasteiger partial charge >= 0.3 is 18.5 Å². The van der Waals surface area contributed by atoms with Crippen molar-refractivity contribution in [2.75, 3.05) is 66.0 Å². The Kier molecular flexibility index (Phi) is 18.7. The Morgan fingerprint density at radius 1 is 0.589 bits per heavy atom. The number of carbonyl (C=O) groups excluding carboxylic acids is 3. The maximum absolute atomic E-state index is 13.7. The van der Waals surface area contributed by atoms with Crippen LogP contribution < -0.4 is 10.1 Å². The molecule has 3 aromatic carbocycles. The number of hydrogen-bond donors (Lipinski definition) is 2. The van der Waals surface area contributed by atoms with Gasteiger partial charge in [0.15, 0.2) is 0 Å². The van der Waals surface area contributed by atoms with Crippen molar-refractivity contribution in [1.29, 1.82) is 0 Å². The summed E-state index contributed by atoms with van der Waals surface area (Å²) >= 11 is 6.29. The van der Waals surface area contributed by atoms with Gasteiger partial charge in [-0.15, -0.1) is 0 Å². The third-order valence-electron chi connectivity index (χ3n) is 20.7. The fraction of sp³-hybridized carbons (Fsp3) is 0.535. The zero-order chi connectivity index (χ0) is 68.8. The minimum absolute atomic E-state index is 0. The number of carbonyl (C=O) groups is 3. The van der Waals surface area contributed by atoms with Gasteiger partial charge in [-0.1, -0.05) is 35.4 Å². The molecular weight excluding hydrogens is 1270 g/mol. The predicted molar refractivity (Wildman–Crippen MR) is 347 cm³/mol. The summed E-state index contributed by atoms with van der Waals surface area (Å²) in [5, 5.41) is 14.2. The zero-order valence-corrected chi connectivity index (χ0v) is 56.0. The van der Waals surface area contributed by atoms with Gasteiger partial charge in [-0.3, -0.25) is 24.2 Å². The van der Waals surface area contributed by atoms with E-state index in [-0.39, 0.29) is 26.7 Å². The van der Waals surface area contributed by atoms with Crippen molar-refractivity contribution in [1.82, 2.24) is 43.5 Å². The van der Waals surface area contributed by atoms with Gasteiger partial charge in [0.2, 0.25) is 0 Å². The fourth-order valence-electron chi connectivity index (χ4n) is 15.8. The van der Waals surface area contributed by atoms with E-state index in [0.29, 0.717) is 150 Å². The molecule has 24 heteroatoms. The lowest BCUT2D eigenvalue weighted by Crippen LogP contribution is -2.61. The lowest BCUT2D eigenvalue weighted by Gasteiger charge is -2.52. The number of aryl methyl sites for hydroxylation is 2. The number of alkyl halides is 9. The Morgan fingerprint density at radius 2 is 1.06 bits per heavy atom. The average Bonchev–Trinajstić information content (AvgIpc) is 1.64. The minimum atomic E-state index is -4.42. The summed E-state index contributed by atoms with van der Waals surface area (Å²) in [6.07, 6.45) is -7.45. The molecule has 6 aliphatic heterocycles. The number of likely N-dealkylation sites (tertiary alicyclic amines) is 3. The largest absolute Gasteiger partial charge is 0.489 e. The molecule has 9 heterocycles. The van der Waals surface area contributed by atoms with Gasteiger partial charge in [-0.25, -0.2) is 0 Å². The van der Waals surface area contributed by atoms with Crippen molar-refractivity contribution in [3.63, 3.8) is 0 Å². The highest BCUT2D eigenvalue weighted by Crippen LogP contribution is 2.50. The maximum Gasteiger partial charge on any atom is 0.431 e. The van der Waals surface area contributed by atoms with Crippen LogP contribution in [-0.4, -0.2) is 139 Å². The summed E-state index contributed by atoms with van der Waals surface area (Å²) in [5.74, 6) is 0.296. The number of nitrogens with one attached hydrogen (secondary N) is 1. The molecule has 4 fully saturated rings. The number of nitrogens with zero attached hydrogens (tertiary/aromatic N) is 8. The van der Waals surface area contributed by atoms with Crippen molar-refractivity contribution >= 4 is 29.3 Å². The van der Waals surface area contributed by atoms with Crippen LogP contribution in [0, 0.1) is 13.8 Å². The number of likely N-dealkylation sites (N-methyl/N-ethyl adjacent to an activating group) is 1. The second-order valence-electron chi connectivity index (χ2n) is 28.2. The summed E-state index contributed by atoms with van der Waals surface area (Å²) in [7, 11) is 1.97. The molecule has 3 amide bonds. The number of ether oxygens (including phenoxy) is 1. The van der Waals surface area contributed by atoms with Crippen LogP contribution in [0.5, 0.6) is 5.75 Å². The molecule has 6 aromatic rings. The van der Waals surface area contributed by atoms with Gasteiger partial charge in [0.05, 0.1) is 38.9 Å². The molecule has 0 bridgehead atoms. The Balaban J connectivity index is 0.000000170. The number of fused-ring (bicyclic) bond motifs is 6. The first kappa shape index (κ1) is 69.6. The summed E-state index contributed by atoms with van der Waals surface area (Å²) in [5.41, 5.74) is 1.50. The molecule has 7 aliphatic rings. The lowest BCUT2D eigenvalue weighted by molar-refractivity contribution is -0.146. The summed E-state index contributed by atoms with van der Waals surface area (Å²) in [6.45, 7) is 19.9. The number of halogens is 10. The zero-order valence-electron chi connectivity index (χ0n) is 55.3. The Hall–Kier alpha value is -6.79. The third kappa shape index (κ3) is 13.5. The normalized spacial score (nSPS) is 20.2. The number of benzene rings is 3. The molecule has 0 radical (unpaired) electrons. The number of aliphatic hydroxyl groups is 1. The molecule has 3 saturated heterocycles. The topological polar surface area (TPSA) is 124 Å². The number of rotatable bonds is 7. The van der Waals surface area contributed by atoms with Crippen LogP contribution >= 0.6 is 11.6 Å². The van der Waals surface area contributed by atoms with Crippen molar-refractivity contribution in [3.05, 3.63) is 170 Å². The molecule has 3 spiro atoms. The Labute approximate surface area is 556 Å². The van der Waals surface area contributed by atoms with Gasteiger partial charge in [-0.2, -0.15) is 39.5 Å². The van der Waals surface area contributed by atoms with E-state index in [0.717, 1.165) is 40.9 Å². The van der Waals surface area contributed by atoms with Crippen LogP contribution in [0.1, 0.15) is 178 Å². The highest BCUT2D eigenvalue weighted by Gasteiger charge is 2.54. The van der Waals surface area contributed by atoms with E-state index in [9.17, 15) is 59.0 Å². The van der Waals surface area contributed by atoms with E-state index >= 15 is 0 Å². The number of amides is 3. The van der Waals surface area contributed by atoms with Crippen LogP contribution in [0.25, 0.3) is 0 Å². The maximum atomic E-state index is 13.7. The second-order valence-corrected chi connectivity index (χ2v) is 28.7. The monoisotopic (exact) mass is 1350 g/mol. The van der Waals surface area contributed by atoms with Crippen molar-refractivity contribution < 1.29 is 66.6 Å². The van der Waals surface area contributed by atoms with Gasteiger partial charge in [-0.05, 0) is 204 Å². The van der Waals surface area contributed by atoms with Gasteiger partial charge in [0, 0.05) is 115 Å². The lowest BCUT2D eigenvalue weighted by atomic mass is 9.80. The quantitative estimate of drug-likeness (QED) is 0.152. The SMILES string of the molecule is CC(C)Oc1ccc(C(=O)N2CCC3(CC2)NCC(C)(C)n2c(C(F)(F)F)ccc23)cc1Cl.Cc1cc(C(=O)N2CCC3(CC2)c2ccc(C(F)(F)F)n2CCN3C2CC2)ccc1C(C)(C)O.Cc1cccc(C(=O)N2CCC3(CC2)c2ccc(C(F)(F)F)n2CCN3C)c1.[HH].[HH]. The predicted octanol–water partition coefficient (Wildman–Crippen LogP) is 14.5. The fourth-order valence-corrected chi connectivity index (χ4v) is 16.0. The van der Waals surface area contributed by atoms with E-state index in [2.05, 4.69) is 15.1 Å². The molecule has 3 aromatic heterocycles. The minimum Gasteiger partial charge on any atom is -0.489 e. The second kappa shape index (κ2) is 25.6. The number of hydrogen-bond acceptors (Lipinski definition) is 8. The summed E-state index contributed by atoms with van der Waals surface area (Å²) in [4.78, 5) is 49.2. The molecule has 1 aliphatic carbocycles. The van der Waals surface area contributed by atoms with Crippen molar-refractivity contribution in [2.45, 2.75) is 178 Å². The van der Waals surface area contributed by atoms with Crippen molar-refractivity contribution in [3.8, 4) is 5.75 Å². The van der Waals surface area contributed by atoms with Crippen LogP contribution in [0.2, 0.25) is 5.02 Å². The molecular formula is C71H89ClF9N9O5. The van der Waals surface area contributed by atoms with Crippen LogP contribution in [-0.2, 0) is 59.4 Å². The smallest absolute Gasteiger partial charge is 0.431 e. The standard InChI is InChI=1S/C26H32F3N3O2.C24H29ClF3N3O2.C21H24F3N3O.2H2/c1-17-16-18(4-7-20(17)24(2,3)34)23(33)30-12-10-25(11-13-30)21-8-9-22(26(27,28)29)31(21)14-15-32(25)19-5-6-19;1-15(2)33-18-6-5-16(13-17(18)25)21(32)30-11-9-23(10-12-30)19-7-8-20(24(26,27)28)31(19)22(3,4)14-29-23;1-15-4-3-5-16(14-15)19(28)26-10-8-20(9-11-26)17-6-7-18(21(22,23)24)27(17)13-12-25(20)2;;/h4,7-9,16,19,34H,5-6,10-15H2,1-3H3;5-8,13,15,29H,9-12,14H2,1-4H3;3-7,14H,8-13H2,1-2H3;2*1H. The van der Waals surface area contributed by atoms with E-state index < -0.39 is 63.4 Å². The van der Waals surface area contributed by atoms with E-state index in [1.807, 2.05) is 74.9 Å². The molecule has 1 saturated carbocycles. The van der Waals surface area contributed by atoms with E-state index in [1.54, 1.807) is 81.1 Å². The first-order valence-electron chi connectivity index (χ1n) is 32.8. The Bertz CT molecular complexity index is 3840. The first-order chi connectivity index (χ1) is 44.5. The first-order valence-corrected chi connectivity index (χ1v) is 33.2. The molecule has 0 atom stereocenters. The van der Waals surface area contributed by atoms with Crippen molar-refractivity contribution in [2.24, 2.45) is 0 Å². The molecule has 518 valence electrons. The molecule has 14 nitrogen and oxygen atoms in total. The van der Waals surface area contributed by atoms with E-state index in [4.69, 9.17) is 16.3 Å². The van der Waals surface area contributed by atoms with Crippen LogP contribution in [0.15, 0.2) is 97.1 Å². The highest BCUT2D eigenvalue weighted by molar-refractivity contribution is 6.32. The van der Waals surface area contributed by atoms with E-state index in [1.165, 1.54) is 31.9 Å². The average molecular weight is 1350 g/mol. The summed E-state index contributed by atoms with van der Waals surface area (Å²) < 4.78 is 132.